The van der Waals surface area contributed by atoms with E-state index in [4.69, 9.17) is 0 Å². The molecule has 0 atom stereocenters. The van der Waals surface area contributed by atoms with Gasteiger partial charge in [-0.1, -0.05) is 12.1 Å². The summed E-state index contributed by atoms with van der Waals surface area (Å²) in [5.41, 5.74) is -0.352. The molecule has 5 nitrogen and oxygen atoms in total. The SMILES string of the molecule is O=c1oc(=O)n(CCCOCC(F)(F)F)c2ccccc12. The maximum Gasteiger partial charge on any atom is 0.422 e. The number of aromatic nitrogens is 1. The van der Waals surface area contributed by atoms with Crippen LogP contribution in [0.2, 0.25) is 0 Å². The monoisotopic (exact) mass is 303 g/mol. The van der Waals surface area contributed by atoms with E-state index in [2.05, 4.69) is 9.15 Å². The first-order valence-electron chi connectivity index (χ1n) is 6.16. The van der Waals surface area contributed by atoms with Gasteiger partial charge in [0.25, 0.3) is 0 Å². The second-order valence-electron chi connectivity index (χ2n) is 4.35. The van der Waals surface area contributed by atoms with E-state index in [0.29, 0.717) is 5.52 Å². The van der Waals surface area contributed by atoms with Crippen LogP contribution in [0, 0.1) is 0 Å². The molecule has 0 spiro atoms. The molecule has 1 aromatic carbocycles. The van der Waals surface area contributed by atoms with Crippen molar-refractivity contribution >= 4 is 10.9 Å². The molecule has 8 heteroatoms. The minimum Gasteiger partial charge on any atom is -0.372 e. The first-order chi connectivity index (χ1) is 9.88. The quantitative estimate of drug-likeness (QED) is 0.792. The number of hydrogen-bond donors (Lipinski definition) is 0. The summed E-state index contributed by atoms with van der Waals surface area (Å²) in [7, 11) is 0. The molecule has 0 N–H and O–H groups in total. The molecule has 0 fully saturated rings. The van der Waals surface area contributed by atoms with Gasteiger partial charge < -0.3 is 9.15 Å². The van der Waals surface area contributed by atoms with Crippen molar-refractivity contribution in [3.05, 3.63) is 45.2 Å². The summed E-state index contributed by atoms with van der Waals surface area (Å²) in [6, 6.07) is 6.36. The fraction of sp³-hybridized carbons (Fsp3) is 0.385. The van der Waals surface area contributed by atoms with Gasteiger partial charge in [-0.15, -0.1) is 0 Å². The van der Waals surface area contributed by atoms with Crippen LogP contribution in [-0.4, -0.2) is 24.0 Å². The largest absolute Gasteiger partial charge is 0.422 e. The first kappa shape index (κ1) is 15.3. The molecular weight excluding hydrogens is 291 g/mol. The zero-order chi connectivity index (χ0) is 15.5. The highest BCUT2D eigenvalue weighted by atomic mass is 19.4. The predicted molar refractivity (Wildman–Crippen MR) is 68.2 cm³/mol. The second-order valence-corrected chi connectivity index (χ2v) is 4.35. The van der Waals surface area contributed by atoms with Crippen molar-refractivity contribution in [1.29, 1.82) is 0 Å². The van der Waals surface area contributed by atoms with E-state index in [1.54, 1.807) is 18.2 Å². The van der Waals surface area contributed by atoms with Crippen molar-refractivity contribution in [2.75, 3.05) is 13.2 Å². The molecule has 1 aromatic heterocycles. The minimum atomic E-state index is -4.37. The zero-order valence-electron chi connectivity index (χ0n) is 10.9. The highest BCUT2D eigenvalue weighted by Gasteiger charge is 2.27. The van der Waals surface area contributed by atoms with E-state index in [1.165, 1.54) is 10.6 Å². The highest BCUT2D eigenvalue weighted by Crippen LogP contribution is 2.14. The van der Waals surface area contributed by atoms with E-state index in [0.717, 1.165) is 0 Å². The third-order valence-electron chi connectivity index (χ3n) is 2.75. The molecule has 2 rings (SSSR count). The van der Waals surface area contributed by atoms with Gasteiger partial charge >= 0.3 is 17.6 Å². The van der Waals surface area contributed by atoms with Gasteiger partial charge in [-0.2, -0.15) is 13.2 Å². The van der Waals surface area contributed by atoms with E-state index in [-0.39, 0.29) is 25.0 Å². The summed E-state index contributed by atoms with van der Waals surface area (Å²) in [6.45, 7) is -1.38. The second kappa shape index (κ2) is 6.13. The zero-order valence-corrected chi connectivity index (χ0v) is 10.9. The molecule has 0 saturated carbocycles. The van der Waals surface area contributed by atoms with E-state index >= 15 is 0 Å². The Labute approximate surface area is 116 Å². The summed E-state index contributed by atoms with van der Waals surface area (Å²) in [4.78, 5) is 23.2. The number of rotatable bonds is 5. The molecule has 2 aromatic rings. The predicted octanol–water partition coefficient (Wildman–Crippen LogP) is 1.92. The number of aryl methyl sites for hydroxylation is 1. The van der Waals surface area contributed by atoms with Crippen LogP contribution >= 0.6 is 0 Å². The number of alkyl halides is 3. The molecule has 0 aliphatic heterocycles. The van der Waals surface area contributed by atoms with Crippen LogP contribution in [-0.2, 0) is 11.3 Å². The molecule has 0 aliphatic carbocycles. The molecule has 21 heavy (non-hydrogen) atoms. The summed E-state index contributed by atoms with van der Waals surface area (Å²) in [5.74, 6) is -0.838. The lowest BCUT2D eigenvalue weighted by Gasteiger charge is -2.09. The fourth-order valence-electron chi connectivity index (χ4n) is 1.89. The average molecular weight is 303 g/mol. The lowest BCUT2D eigenvalue weighted by atomic mass is 10.2. The number of ether oxygens (including phenoxy) is 1. The smallest absolute Gasteiger partial charge is 0.372 e. The number of hydrogen-bond acceptors (Lipinski definition) is 4. The minimum absolute atomic E-state index is 0.0982. The average Bonchev–Trinajstić information content (AvgIpc) is 2.40. The van der Waals surface area contributed by atoms with Gasteiger partial charge in [0.1, 0.15) is 6.61 Å². The molecule has 0 aliphatic rings. The van der Waals surface area contributed by atoms with E-state index in [1.807, 2.05) is 0 Å². The Bertz CT molecular complexity index is 732. The molecule has 0 radical (unpaired) electrons. The molecular formula is C13H12F3NO4. The van der Waals surface area contributed by atoms with Crippen LogP contribution in [0.5, 0.6) is 0 Å². The van der Waals surface area contributed by atoms with Crippen LogP contribution in [0.15, 0.2) is 38.3 Å². The van der Waals surface area contributed by atoms with Crippen LogP contribution in [0.4, 0.5) is 13.2 Å². The lowest BCUT2D eigenvalue weighted by molar-refractivity contribution is -0.174. The van der Waals surface area contributed by atoms with Crippen LogP contribution in [0.3, 0.4) is 0 Å². The molecule has 114 valence electrons. The molecule has 0 amide bonds. The van der Waals surface area contributed by atoms with Gasteiger partial charge in [0.05, 0.1) is 10.9 Å². The standard InChI is InChI=1S/C13H12F3NO4/c14-13(15,16)8-20-7-3-6-17-10-5-2-1-4-9(10)11(18)21-12(17)19/h1-2,4-5H,3,6-8H2. The van der Waals surface area contributed by atoms with Gasteiger partial charge in [0.2, 0.25) is 0 Å². The Balaban J connectivity index is 2.09. The topological polar surface area (TPSA) is 61.4 Å². The summed E-state index contributed by atoms with van der Waals surface area (Å²) >= 11 is 0. The van der Waals surface area contributed by atoms with Crippen molar-refractivity contribution in [3.8, 4) is 0 Å². The maximum absolute atomic E-state index is 11.9. The van der Waals surface area contributed by atoms with E-state index < -0.39 is 24.2 Å². The third kappa shape index (κ3) is 3.94. The summed E-state index contributed by atoms with van der Waals surface area (Å²) in [5, 5.41) is 0.244. The first-order valence-corrected chi connectivity index (χ1v) is 6.16. The number of para-hydroxylation sites is 1. The van der Waals surface area contributed by atoms with Crippen LogP contribution in [0.25, 0.3) is 10.9 Å². The summed E-state index contributed by atoms with van der Waals surface area (Å²) < 4.78 is 45.9. The van der Waals surface area contributed by atoms with E-state index in [9.17, 15) is 22.8 Å². The van der Waals surface area contributed by atoms with Crippen molar-refractivity contribution < 1.29 is 22.3 Å². The normalized spacial score (nSPS) is 12.0. The Morgan fingerprint density at radius 3 is 2.62 bits per heavy atom. The third-order valence-corrected chi connectivity index (χ3v) is 2.75. The number of halogens is 3. The van der Waals surface area contributed by atoms with Crippen molar-refractivity contribution in [1.82, 2.24) is 4.57 Å². The highest BCUT2D eigenvalue weighted by molar-refractivity contribution is 5.77. The van der Waals surface area contributed by atoms with Crippen LogP contribution < -0.4 is 11.4 Å². The Morgan fingerprint density at radius 1 is 1.19 bits per heavy atom. The molecule has 0 saturated heterocycles. The lowest BCUT2D eigenvalue weighted by Crippen LogP contribution is -2.26. The Kier molecular flexibility index (Phi) is 4.46. The van der Waals surface area contributed by atoms with Crippen molar-refractivity contribution in [2.24, 2.45) is 0 Å². The van der Waals surface area contributed by atoms with Gasteiger partial charge in [-0.05, 0) is 18.6 Å². The van der Waals surface area contributed by atoms with Crippen molar-refractivity contribution in [3.63, 3.8) is 0 Å². The fourth-order valence-corrected chi connectivity index (χ4v) is 1.89. The van der Waals surface area contributed by atoms with Gasteiger partial charge in [0, 0.05) is 13.2 Å². The maximum atomic E-state index is 11.9. The van der Waals surface area contributed by atoms with Gasteiger partial charge in [-0.25, -0.2) is 9.59 Å². The number of benzene rings is 1. The molecule has 0 bridgehead atoms. The number of nitrogens with zero attached hydrogens (tertiary/aromatic N) is 1. The molecule has 0 unspecified atom stereocenters. The van der Waals surface area contributed by atoms with Crippen molar-refractivity contribution in [2.45, 2.75) is 19.1 Å². The number of fused-ring (bicyclic) bond motifs is 1. The summed E-state index contributed by atoms with van der Waals surface area (Å²) in [6.07, 6.45) is -4.18. The Morgan fingerprint density at radius 2 is 1.90 bits per heavy atom. The Hall–Kier alpha value is -2.09. The van der Waals surface area contributed by atoms with Gasteiger partial charge in [0.15, 0.2) is 0 Å². The van der Waals surface area contributed by atoms with Gasteiger partial charge in [-0.3, -0.25) is 4.57 Å². The van der Waals surface area contributed by atoms with Crippen LogP contribution in [0.1, 0.15) is 6.42 Å². The molecule has 1 heterocycles.